The second-order valence-electron chi connectivity index (χ2n) is 9.68. The van der Waals surface area contributed by atoms with Crippen LogP contribution in [0.3, 0.4) is 0 Å². The Labute approximate surface area is 180 Å². The SMILES string of the molecule is CCCCCCCN(CCCCCCC)CCCCCCCCCCC(C)C. The van der Waals surface area contributed by atoms with Gasteiger partial charge in [-0.05, 0) is 44.8 Å². The van der Waals surface area contributed by atoms with Gasteiger partial charge in [0.05, 0.1) is 0 Å². The first kappa shape index (κ1) is 28.0. The van der Waals surface area contributed by atoms with E-state index in [4.69, 9.17) is 0 Å². The van der Waals surface area contributed by atoms with Crippen LogP contribution in [-0.4, -0.2) is 24.5 Å². The standard InChI is InChI=1S/C27H57N/c1-5-7-9-16-20-24-28(25-21-17-10-8-6-2)26-22-18-14-12-11-13-15-19-23-27(3)4/h27H,5-26H2,1-4H3. The second kappa shape index (κ2) is 23.2. The van der Waals surface area contributed by atoms with Crippen LogP contribution < -0.4 is 0 Å². The van der Waals surface area contributed by atoms with Gasteiger partial charge in [-0.3, -0.25) is 0 Å². The van der Waals surface area contributed by atoms with Crippen molar-refractivity contribution >= 4 is 0 Å². The molecule has 0 aliphatic carbocycles. The second-order valence-corrected chi connectivity index (χ2v) is 9.68. The zero-order valence-corrected chi connectivity index (χ0v) is 20.6. The lowest BCUT2D eigenvalue weighted by molar-refractivity contribution is 0.254. The summed E-state index contributed by atoms with van der Waals surface area (Å²) in [7, 11) is 0. The molecule has 0 spiro atoms. The first-order valence-electron chi connectivity index (χ1n) is 13.4. The van der Waals surface area contributed by atoms with Crippen LogP contribution in [-0.2, 0) is 0 Å². The lowest BCUT2D eigenvalue weighted by Crippen LogP contribution is -2.27. The van der Waals surface area contributed by atoms with Gasteiger partial charge in [0.15, 0.2) is 0 Å². The monoisotopic (exact) mass is 395 g/mol. The molecule has 0 radical (unpaired) electrons. The Kier molecular flexibility index (Phi) is 23.2. The molecule has 0 saturated carbocycles. The summed E-state index contributed by atoms with van der Waals surface area (Å²) in [4.78, 5) is 2.80. The predicted octanol–water partition coefficient (Wildman–Crippen LogP) is 9.40. The first-order valence-corrected chi connectivity index (χ1v) is 13.4. The molecular weight excluding hydrogens is 338 g/mol. The third-order valence-corrected chi connectivity index (χ3v) is 6.16. The maximum absolute atomic E-state index is 2.80. The van der Waals surface area contributed by atoms with Crippen LogP contribution in [0.5, 0.6) is 0 Å². The Morgan fingerprint density at radius 3 is 1.11 bits per heavy atom. The molecule has 1 nitrogen and oxygen atoms in total. The van der Waals surface area contributed by atoms with E-state index in [1.54, 1.807) is 0 Å². The van der Waals surface area contributed by atoms with Gasteiger partial charge in [0.2, 0.25) is 0 Å². The third kappa shape index (κ3) is 22.3. The highest BCUT2D eigenvalue weighted by molar-refractivity contribution is 4.60. The molecule has 0 bridgehead atoms. The maximum Gasteiger partial charge on any atom is -0.00187 e. The van der Waals surface area contributed by atoms with Crippen LogP contribution in [0.25, 0.3) is 0 Å². The van der Waals surface area contributed by atoms with E-state index < -0.39 is 0 Å². The minimum Gasteiger partial charge on any atom is -0.303 e. The molecular formula is C27H57N. The summed E-state index contributed by atoms with van der Waals surface area (Å²) in [5.41, 5.74) is 0. The molecule has 170 valence electrons. The molecule has 0 atom stereocenters. The molecule has 0 fully saturated rings. The number of hydrogen-bond acceptors (Lipinski definition) is 1. The molecule has 0 aromatic rings. The first-order chi connectivity index (χ1) is 13.7. The van der Waals surface area contributed by atoms with Crippen LogP contribution in [0.4, 0.5) is 0 Å². The molecule has 0 rings (SSSR count). The molecule has 0 unspecified atom stereocenters. The summed E-state index contributed by atoms with van der Waals surface area (Å²) >= 11 is 0. The van der Waals surface area contributed by atoms with Gasteiger partial charge in [-0.15, -0.1) is 0 Å². The quantitative estimate of drug-likeness (QED) is 0.156. The van der Waals surface area contributed by atoms with Crippen molar-refractivity contribution in [1.82, 2.24) is 4.90 Å². The highest BCUT2D eigenvalue weighted by Gasteiger charge is 2.05. The summed E-state index contributed by atoms with van der Waals surface area (Å²) in [6.45, 7) is 13.4. The summed E-state index contributed by atoms with van der Waals surface area (Å²) in [5, 5.41) is 0. The number of hydrogen-bond donors (Lipinski definition) is 0. The van der Waals surface area contributed by atoms with Gasteiger partial charge in [-0.2, -0.15) is 0 Å². The van der Waals surface area contributed by atoms with E-state index in [1.807, 2.05) is 0 Å². The molecule has 0 aliphatic heterocycles. The Hall–Kier alpha value is -0.0400. The fourth-order valence-corrected chi connectivity index (χ4v) is 4.16. The van der Waals surface area contributed by atoms with Gasteiger partial charge in [0, 0.05) is 0 Å². The van der Waals surface area contributed by atoms with Gasteiger partial charge in [-0.25, -0.2) is 0 Å². The Balaban J connectivity index is 3.68. The van der Waals surface area contributed by atoms with Crippen molar-refractivity contribution in [3.8, 4) is 0 Å². The van der Waals surface area contributed by atoms with Crippen LogP contribution >= 0.6 is 0 Å². The fraction of sp³-hybridized carbons (Fsp3) is 1.00. The van der Waals surface area contributed by atoms with Crippen molar-refractivity contribution < 1.29 is 0 Å². The summed E-state index contributed by atoms with van der Waals surface area (Å²) < 4.78 is 0. The van der Waals surface area contributed by atoms with Gasteiger partial charge in [-0.1, -0.05) is 130 Å². The minimum absolute atomic E-state index is 0.890. The van der Waals surface area contributed by atoms with Crippen molar-refractivity contribution in [2.45, 2.75) is 150 Å². The van der Waals surface area contributed by atoms with E-state index in [2.05, 4.69) is 32.6 Å². The average molecular weight is 396 g/mol. The van der Waals surface area contributed by atoms with Gasteiger partial charge < -0.3 is 4.90 Å². The zero-order chi connectivity index (χ0) is 20.7. The maximum atomic E-state index is 2.80. The topological polar surface area (TPSA) is 3.24 Å². The molecule has 0 aliphatic rings. The lowest BCUT2D eigenvalue weighted by Gasteiger charge is -2.22. The van der Waals surface area contributed by atoms with Crippen LogP contribution in [0.2, 0.25) is 0 Å². The molecule has 0 heterocycles. The molecule has 0 aromatic carbocycles. The third-order valence-electron chi connectivity index (χ3n) is 6.16. The average Bonchev–Trinajstić information content (AvgIpc) is 2.68. The summed E-state index contributed by atoms with van der Waals surface area (Å²) in [6.07, 6.45) is 27.3. The molecule has 0 aromatic heterocycles. The van der Waals surface area contributed by atoms with Gasteiger partial charge in [0.1, 0.15) is 0 Å². The van der Waals surface area contributed by atoms with Gasteiger partial charge >= 0.3 is 0 Å². The summed E-state index contributed by atoms with van der Waals surface area (Å²) in [6, 6.07) is 0. The highest BCUT2D eigenvalue weighted by Crippen LogP contribution is 2.13. The zero-order valence-electron chi connectivity index (χ0n) is 20.6. The van der Waals surface area contributed by atoms with E-state index in [9.17, 15) is 0 Å². The minimum atomic E-state index is 0.890. The molecule has 28 heavy (non-hydrogen) atoms. The molecule has 0 N–H and O–H groups in total. The van der Waals surface area contributed by atoms with Crippen molar-refractivity contribution in [3.63, 3.8) is 0 Å². The van der Waals surface area contributed by atoms with E-state index in [-0.39, 0.29) is 0 Å². The molecule has 0 amide bonds. The van der Waals surface area contributed by atoms with Crippen LogP contribution in [0.15, 0.2) is 0 Å². The smallest absolute Gasteiger partial charge is 0.00187 e. The van der Waals surface area contributed by atoms with Crippen molar-refractivity contribution in [1.29, 1.82) is 0 Å². The number of nitrogens with zero attached hydrogens (tertiary/aromatic N) is 1. The van der Waals surface area contributed by atoms with Crippen molar-refractivity contribution in [2.75, 3.05) is 19.6 Å². The van der Waals surface area contributed by atoms with Gasteiger partial charge in [0.25, 0.3) is 0 Å². The number of rotatable bonds is 23. The largest absolute Gasteiger partial charge is 0.303 e. The Morgan fingerprint density at radius 2 is 0.750 bits per heavy atom. The van der Waals surface area contributed by atoms with E-state index >= 15 is 0 Å². The van der Waals surface area contributed by atoms with E-state index in [1.165, 1.54) is 142 Å². The van der Waals surface area contributed by atoms with Crippen molar-refractivity contribution in [2.24, 2.45) is 5.92 Å². The van der Waals surface area contributed by atoms with E-state index in [0.29, 0.717) is 0 Å². The fourth-order valence-electron chi connectivity index (χ4n) is 4.16. The normalized spacial score (nSPS) is 11.8. The predicted molar refractivity (Wildman–Crippen MR) is 130 cm³/mol. The Bertz CT molecular complexity index is 259. The van der Waals surface area contributed by atoms with Crippen molar-refractivity contribution in [3.05, 3.63) is 0 Å². The van der Waals surface area contributed by atoms with Crippen LogP contribution in [0, 0.1) is 5.92 Å². The van der Waals surface area contributed by atoms with Crippen LogP contribution in [0.1, 0.15) is 150 Å². The molecule has 1 heteroatoms. The summed E-state index contributed by atoms with van der Waals surface area (Å²) in [5.74, 6) is 0.890. The number of unbranched alkanes of at least 4 members (excludes halogenated alkanes) is 15. The Morgan fingerprint density at radius 1 is 0.429 bits per heavy atom. The lowest BCUT2D eigenvalue weighted by atomic mass is 10.0. The van der Waals surface area contributed by atoms with E-state index in [0.717, 1.165) is 5.92 Å². The highest BCUT2D eigenvalue weighted by atomic mass is 15.1. The molecule has 0 saturated heterocycles.